The van der Waals surface area contributed by atoms with E-state index in [2.05, 4.69) is 29.6 Å². The molecule has 0 aliphatic heterocycles. The van der Waals surface area contributed by atoms with Gasteiger partial charge in [-0.05, 0) is 49.1 Å². The summed E-state index contributed by atoms with van der Waals surface area (Å²) < 4.78 is 0.708. The van der Waals surface area contributed by atoms with Crippen molar-refractivity contribution in [2.45, 2.75) is 19.3 Å². The first-order chi connectivity index (χ1) is 14.2. The highest BCUT2D eigenvalue weighted by Crippen LogP contribution is 2.32. The van der Waals surface area contributed by atoms with Crippen molar-refractivity contribution in [1.82, 2.24) is 10.3 Å². The van der Waals surface area contributed by atoms with Crippen LogP contribution in [0.15, 0.2) is 72.8 Å². The monoisotopic (exact) mass is 420 g/mol. The second-order valence-electron chi connectivity index (χ2n) is 6.87. The molecule has 0 bridgehead atoms. The molecule has 0 aliphatic carbocycles. The largest absolute Gasteiger partial charge is 0.352 e. The van der Waals surface area contributed by atoms with Gasteiger partial charge in [-0.3, -0.25) is 4.79 Å². The predicted octanol–water partition coefficient (Wildman–Crippen LogP) is 6.37. The predicted molar refractivity (Wildman–Crippen MR) is 122 cm³/mol. The fraction of sp³-hybridized carbons (Fsp3) is 0.167. The highest BCUT2D eigenvalue weighted by molar-refractivity contribution is 7.19. The number of nitrogens with one attached hydrogen (secondary N) is 1. The normalized spacial score (nSPS) is 10.9. The Morgan fingerprint density at radius 1 is 0.966 bits per heavy atom. The van der Waals surface area contributed by atoms with Crippen molar-refractivity contribution in [2.24, 2.45) is 0 Å². The molecule has 0 fully saturated rings. The van der Waals surface area contributed by atoms with Crippen LogP contribution in [-0.2, 0) is 6.42 Å². The molecule has 2 aromatic heterocycles. The first-order valence-electron chi connectivity index (χ1n) is 9.68. The molecule has 0 spiro atoms. The van der Waals surface area contributed by atoms with Crippen LogP contribution in [0.25, 0.3) is 21.5 Å². The number of pyridine rings is 1. The van der Waals surface area contributed by atoms with Crippen molar-refractivity contribution in [3.8, 4) is 10.6 Å². The van der Waals surface area contributed by atoms with Gasteiger partial charge in [0, 0.05) is 11.9 Å². The second-order valence-corrected chi connectivity index (χ2v) is 8.59. The fourth-order valence-corrected chi connectivity index (χ4v) is 4.34. The van der Waals surface area contributed by atoms with Crippen molar-refractivity contribution >= 4 is 39.7 Å². The molecule has 0 unspecified atom stereocenters. The van der Waals surface area contributed by atoms with Crippen LogP contribution in [0.3, 0.4) is 0 Å². The Kier molecular flexibility index (Phi) is 6.23. The Bertz CT molecular complexity index is 1120. The number of unbranched alkanes of at least 4 members (excludes halogenated alkanes) is 1. The maximum atomic E-state index is 12.9. The number of para-hydroxylation sites is 1. The lowest BCUT2D eigenvalue weighted by Gasteiger charge is -2.10. The summed E-state index contributed by atoms with van der Waals surface area (Å²) in [5.41, 5.74) is 3.56. The molecule has 146 valence electrons. The molecule has 4 rings (SSSR count). The topological polar surface area (TPSA) is 42.0 Å². The van der Waals surface area contributed by atoms with Crippen LogP contribution in [0.4, 0.5) is 0 Å². The second kappa shape index (κ2) is 9.21. The lowest BCUT2D eigenvalue weighted by molar-refractivity contribution is 0.0954. The number of aromatic nitrogens is 1. The van der Waals surface area contributed by atoms with E-state index < -0.39 is 0 Å². The SMILES string of the molecule is O=C(NCCCCc1ccccc1)c1cc(-c2ccc(Cl)s2)nc2ccccc12. The van der Waals surface area contributed by atoms with Crippen molar-refractivity contribution in [3.05, 3.63) is 88.3 Å². The van der Waals surface area contributed by atoms with Gasteiger partial charge in [-0.1, -0.05) is 60.1 Å². The van der Waals surface area contributed by atoms with Crippen LogP contribution >= 0.6 is 22.9 Å². The Morgan fingerprint density at radius 3 is 2.55 bits per heavy atom. The molecular weight excluding hydrogens is 400 g/mol. The Labute approximate surface area is 179 Å². The van der Waals surface area contributed by atoms with Crippen LogP contribution < -0.4 is 5.32 Å². The molecule has 0 aliphatic rings. The van der Waals surface area contributed by atoms with Crippen LogP contribution in [0.5, 0.6) is 0 Å². The maximum absolute atomic E-state index is 12.9. The molecule has 29 heavy (non-hydrogen) atoms. The summed E-state index contributed by atoms with van der Waals surface area (Å²) in [7, 11) is 0. The van der Waals surface area contributed by atoms with Crippen molar-refractivity contribution in [3.63, 3.8) is 0 Å². The third kappa shape index (κ3) is 4.84. The van der Waals surface area contributed by atoms with Gasteiger partial charge in [0.2, 0.25) is 0 Å². The molecule has 4 aromatic rings. The van der Waals surface area contributed by atoms with E-state index in [-0.39, 0.29) is 5.91 Å². The molecule has 5 heteroatoms. The van der Waals surface area contributed by atoms with Crippen molar-refractivity contribution < 1.29 is 4.79 Å². The third-order valence-corrected chi connectivity index (χ3v) is 6.06. The van der Waals surface area contributed by atoms with E-state index in [0.717, 1.165) is 40.7 Å². The summed E-state index contributed by atoms with van der Waals surface area (Å²) in [5.74, 6) is -0.0628. The van der Waals surface area contributed by atoms with Gasteiger partial charge in [-0.15, -0.1) is 11.3 Å². The average Bonchev–Trinajstić information content (AvgIpc) is 3.19. The number of carbonyl (C=O) groups is 1. The lowest BCUT2D eigenvalue weighted by atomic mass is 10.1. The molecular formula is C24H21ClN2OS. The van der Waals surface area contributed by atoms with Gasteiger partial charge in [-0.2, -0.15) is 0 Å². The fourth-order valence-electron chi connectivity index (χ4n) is 3.34. The Morgan fingerprint density at radius 2 is 1.76 bits per heavy atom. The number of amides is 1. The summed E-state index contributed by atoms with van der Waals surface area (Å²) in [6, 6.07) is 23.8. The first kappa shape index (κ1) is 19.6. The van der Waals surface area contributed by atoms with Crippen LogP contribution in [0.2, 0.25) is 4.34 Å². The number of thiophene rings is 1. The summed E-state index contributed by atoms with van der Waals surface area (Å²) in [5, 5.41) is 3.93. The summed E-state index contributed by atoms with van der Waals surface area (Å²) in [6.45, 7) is 0.655. The number of benzene rings is 2. The molecule has 0 atom stereocenters. The summed E-state index contributed by atoms with van der Waals surface area (Å²) >= 11 is 7.55. The zero-order chi connectivity index (χ0) is 20.1. The number of halogens is 1. The molecule has 0 saturated carbocycles. The molecule has 0 saturated heterocycles. The van der Waals surface area contributed by atoms with E-state index >= 15 is 0 Å². The van der Waals surface area contributed by atoms with E-state index in [9.17, 15) is 4.79 Å². The molecule has 1 N–H and O–H groups in total. The highest BCUT2D eigenvalue weighted by atomic mass is 35.5. The Balaban J connectivity index is 1.46. The zero-order valence-electron chi connectivity index (χ0n) is 15.9. The third-order valence-electron chi connectivity index (χ3n) is 4.81. The minimum Gasteiger partial charge on any atom is -0.352 e. The van der Waals surface area contributed by atoms with Gasteiger partial charge in [0.1, 0.15) is 0 Å². The van der Waals surface area contributed by atoms with Crippen LogP contribution in [0.1, 0.15) is 28.8 Å². The van der Waals surface area contributed by atoms with Gasteiger partial charge >= 0.3 is 0 Å². The summed E-state index contributed by atoms with van der Waals surface area (Å²) in [6.07, 6.45) is 3.01. The van der Waals surface area contributed by atoms with Crippen molar-refractivity contribution in [1.29, 1.82) is 0 Å². The Hall–Kier alpha value is -2.69. The average molecular weight is 421 g/mol. The van der Waals surface area contributed by atoms with Gasteiger partial charge in [0.15, 0.2) is 0 Å². The number of carbonyl (C=O) groups excluding carboxylic acids is 1. The molecule has 1 amide bonds. The molecule has 0 radical (unpaired) electrons. The van der Waals surface area contributed by atoms with E-state index in [4.69, 9.17) is 16.6 Å². The minimum atomic E-state index is -0.0628. The number of nitrogens with zero attached hydrogens (tertiary/aromatic N) is 1. The minimum absolute atomic E-state index is 0.0628. The van der Waals surface area contributed by atoms with Gasteiger partial charge in [-0.25, -0.2) is 4.98 Å². The molecule has 3 nitrogen and oxygen atoms in total. The van der Waals surface area contributed by atoms with Crippen LogP contribution in [-0.4, -0.2) is 17.4 Å². The smallest absolute Gasteiger partial charge is 0.252 e. The van der Waals surface area contributed by atoms with E-state index in [1.807, 2.05) is 48.5 Å². The van der Waals surface area contributed by atoms with Crippen LogP contribution in [0, 0.1) is 0 Å². The zero-order valence-corrected chi connectivity index (χ0v) is 17.5. The van der Waals surface area contributed by atoms with E-state index in [1.165, 1.54) is 16.9 Å². The highest BCUT2D eigenvalue weighted by Gasteiger charge is 2.14. The van der Waals surface area contributed by atoms with Crippen molar-refractivity contribution in [2.75, 3.05) is 6.54 Å². The molecule has 2 aromatic carbocycles. The number of rotatable bonds is 7. The number of aryl methyl sites for hydroxylation is 1. The van der Waals surface area contributed by atoms with E-state index in [1.54, 1.807) is 0 Å². The molecule has 2 heterocycles. The summed E-state index contributed by atoms with van der Waals surface area (Å²) in [4.78, 5) is 18.6. The number of hydrogen-bond acceptors (Lipinski definition) is 3. The van der Waals surface area contributed by atoms with Gasteiger partial charge < -0.3 is 5.32 Å². The standard InChI is InChI=1S/C24H21ClN2OS/c25-23-14-13-22(29-23)21-16-19(18-11-4-5-12-20(18)27-21)24(28)26-15-7-6-10-17-8-2-1-3-9-17/h1-5,8-9,11-14,16H,6-7,10,15H2,(H,26,28). The number of fused-ring (bicyclic) bond motifs is 1. The van der Waals surface area contributed by atoms with Gasteiger partial charge in [0.25, 0.3) is 5.91 Å². The maximum Gasteiger partial charge on any atom is 0.252 e. The van der Waals surface area contributed by atoms with E-state index in [0.29, 0.717) is 16.4 Å². The van der Waals surface area contributed by atoms with Gasteiger partial charge in [0.05, 0.1) is 26.0 Å². The quantitative estimate of drug-likeness (QED) is 0.353. The number of hydrogen-bond donors (Lipinski definition) is 1. The first-order valence-corrected chi connectivity index (χ1v) is 10.9. The lowest BCUT2D eigenvalue weighted by Crippen LogP contribution is -2.25.